The van der Waals surface area contributed by atoms with Crippen LogP contribution in [0.1, 0.15) is 12.0 Å². The predicted octanol–water partition coefficient (Wildman–Crippen LogP) is 2.33. The Bertz CT molecular complexity index is 762. The monoisotopic (exact) mass is 341 g/mol. The average molecular weight is 341 g/mol. The molecule has 2 aromatic carbocycles. The highest BCUT2D eigenvalue weighted by Gasteiger charge is 2.16. The zero-order chi connectivity index (χ0) is 17.6. The maximum atomic E-state index is 13.1. The minimum absolute atomic E-state index is 0.0148. The van der Waals surface area contributed by atoms with Crippen molar-refractivity contribution in [2.24, 2.45) is 0 Å². The summed E-state index contributed by atoms with van der Waals surface area (Å²) in [4.78, 5) is 25.5. The molecule has 2 N–H and O–H groups in total. The highest BCUT2D eigenvalue weighted by molar-refractivity contribution is 5.91. The number of halogens is 1. The molecule has 0 radical (unpaired) electrons. The van der Waals surface area contributed by atoms with Crippen LogP contribution in [0.3, 0.4) is 0 Å². The van der Waals surface area contributed by atoms with Crippen molar-refractivity contribution >= 4 is 23.2 Å². The first-order valence-electron chi connectivity index (χ1n) is 8.26. The number of carbonyl (C=O) groups excluding carboxylic acids is 2. The van der Waals surface area contributed by atoms with E-state index in [4.69, 9.17) is 0 Å². The lowest BCUT2D eigenvalue weighted by Gasteiger charge is -2.28. The first-order valence-corrected chi connectivity index (χ1v) is 8.26. The normalized spacial score (nSPS) is 14.1. The predicted molar refractivity (Wildman–Crippen MR) is 95.0 cm³/mol. The number of amides is 2. The van der Waals surface area contributed by atoms with E-state index in [0.29, 0.717) is 25.2 Å². The second kappa shape index (κ2) is 7.79. The Hall–Kier alpha value is -2.89. The number of aryl methyl sites for hydroxylation is 1. The Balaban J connectivity index is 1.52. The van der Waals surface area contributed by atoms with E-state index in [1.165, 1.54) is 12.1 Å². The summed E-state index contributed by atoms with van der Waals surface area (Å²) in [7, 11) is 0. The van der Waals surface area contributed by atoms with Crippen LogP contribution in [-0.2, 0) is 16.0 Å². The van der Waals surface area contributed by atoms with E-state index in [9.17, 15) is 14.0 Å². The Labute approximate surface area is 145 Å². The zero-order valence-corrected chi connectivity index (χ0v) is 13.8. The third-order valence-electron chi connectivity index (χ3n) is 4.08. The quantitative estimate of drug-likeness (QED) is 0.877. The van der Waals surface area contributed by atoms with Gasteiger partial charge in [-0.25, -0.2) is 4.39 Å². The van der Waals surface area contributed by atoms with Crippen LogP contribution in [0.25, 0.3) is 0 Å². The average Bonchev–Trinajstić information content (AvgIpc) is 2.61. The number of hydrogen-bond donors (Lipinski definition) is 2. The molecule has 0 atom stereocenters. The van der Waals surface area contributed by atoms with Gasteiger partial charge in [0.15, 0.2) is 0 Å². The summed E-state index contributed by atoms with van der Waals surface area (Å²) in [5.41, 5.74) is 2.45. The third-order valence-corrected chi connectivity index (χ3v) is 4.08. The van der Waals surface area contributed by atoms with Gasteiger partial charge in [0, 0.05) is 30.9 Å². The van der Waals surface area contributed by atoms with E-state index in [2.05, 4.69) is 10.6 Å². The van der Waals surface area contributed by atoms with Crippen LogP contribution < -0.4 is 15.5 Å². The molecule has 130 valence electrons. The van der Waals surface area contributed by atoms with Gasteiger partial charge in [0.25, 0.3) is 0 Å². The number of nitrogens with one attached hydrogen (secondary N) is 2. The van der Waals surface area contributed by atoms with Crippen LogP contribution in [0.2, 0.25) is 0 Å². The molecule has 1 heterocycles. The van der Waals surface area contributed by atoms with Gasteiger partial charge in [-0.2, -0.15) is 0 Å². The van der Waals surface area contributed by atoms with E-state index in [0.717, 1.165) is 17.8 Å². The van der Waals surface area contributed by atoms with Crippen molar-refractivity contribution in [2.45, 2.75) is 12.8 Å². The van der Waals surface area contributed by atoms with Gasteiger partial charge in [-0.05, 0) is 48.4 Å². The lowest BCUT2D eigenvalue weighted by Crippen LogP contribution is -2.47. The number of benzene rings is 2. The van der Waals surface area contributed by atoms with Crippen molar-refractivity contribution in [1.29, 1.82) is 0 Å². The molecule has 0 spiro atoms. The molecule has 0 aromatic heterocycles. The van der Waals surface area contributed by atoms with Gasteiger partial charge >= 0.3 is 0 Å². The summed E-state index contributed by atoms with van der Waals surface area (Å²) in [6, 6.07) is 13.7. The molecule has 3 rings (SSSR count). The maximum absolute atomic E-state index is 13.1. The summed E-state index contributed by atoms with van der Waals surface area (Å²) in [5, 5.41) is 5.62. The van der Waals surface area contributed by atoms with Gasteiger partial charge in [-0.3, -0.25) is 9.59 Å². The summed E-state index contributed by atoms with van der Waals surface area (Å²) in [6.45, 7) is 1.75. The second-order valence-electron chi connectivity index (χ2n) is 6.00. The molecular formula is C19H20FN3O2. The summed E-state index contributed by atoms with van der Waals surface area (Å²) < 4.78 is 13.1. The smallest absolute Gasteiger partial charge is 0.239 e. The number of piperazine rings is 1. The molecule has 5 nitrogen and oxygen atoms in total. The Morgan fingerprint density at radius 1 is 1.20 bits per heavy atom. The molecule has 0 saturated carbocycles. The Morgan fingerprint density at radius 3 is 2.72 bits per heavy atom. The molecule has 2 amide bonds. The molecule has 1 aliphatic rings. The minimum Gasteiger partial charge on any atom is -0.360 e. The van der Waals surface area contributed by atoms with Crippen molar-refractivity contribution in [3.05, 3.63) is 59.9 Å². The SMILES string of the molecule is O=C1CN(c2ccc(NC(=O)CCc3cccc(F)c3)cc2)CCN1. The van der Waals surface area contributed by atoms with Crippen LogP contribution in [0.4, 0.5) is 15.8 Å². The molecule has 25 heavy (non-hydrogen) atoms. The molecule has 1 aliphatic heterocycles. The standard InChI is InChI=1S/C19H20FN3O2/c20-15-3-1-2-14(12-15)4-9-18(24)22-16-5-7-17(8-6-16)23-11-10-21-19(25)13-23/h1-3,5-8,12H,4,9-11,13H2,(H,21,25)(H,22,24). The molecule has 0 aliphatic carbocycles. The summed E-state index contributed by atoms with van der Waals surface area (Å²) in [6.07, 6.45) is 0.780. The first-order chi connectivity index (χ1) is 12.1. The zero-order valence-electron chi connectivity index (χ0n) is 13.8. The van der Waals surface area contributed by atoms with Gasteiger partial charge in [-0.15, -0.1) is 0 Å². The molecule has 2 aromatic rings. The fourth-order valence-electron chi connectivity index (χ4n) is 2.79. The third kappa shape index (κ3) is 4.79. The van der Waals surface area contributed by atoms with Crippen LogP contribution in [-0.4, -0.2) is 31.4 Å². The number of hydrogen-bond acceptors (Lipinski definition) is 3. The first kappa shape index (κ1) is 17.0. The molecule has 6 heteroatoms. The van der Waals surface area contributed by atoms with Crippen molar-refractivity contribution in [3.63, 3.8) is 0 Å². The van der Waals surface area contributed by atoms with Gasteiger partial charge in [-0.1, -0.05) is 12.1 Å². The molecule has 1 saturated heterocycles. The summed E-state index contributed by atoms with van der Waals surface area (Å²) >= 11 is 0. The highest BCUT2D eigenvalue weighted by Crippen LogP contribution is 2.19. The van der Waals surface area contributed by atoms with Gasteiger partial charge in [0.2, 0.25) is 11.8 Å². The number of anilines is 2. The second-order valence-corrected chi connectivity index (χ2v) is 6.00. The van der Waals surface area contributed by atoms with E-state index >= 15 is 0 Å². The number of rotatable bonds is 5. The summed E-state index contributed by atoms with van der Waals surface area (Å²) in [5.74, 6) is -0.393. The molecule has 0 bridgehead atoms. The van der Waals surface area contributed by atoms with E-state index in [1.54, 1.807) is 12.1 Å². The van der Waals surface area contributed by atoms with Crippen molar-refractivity contribution in [3.8, 4) is 0 Å². The topological polar surface area (TPSA) is 61.4 Å². The van der Waals surface area contributed by atoms with E-state index < -0.39 is 0 Å². The van der Waals surface area contributed by atoms with E-state index in [-0.39, 0.29) is 24.1 Å². The van der Waals surface area contributed by atoms with Crippen molar-refractivity contribution in [1.82, 2.24) is 5.32 Å². The molecule has 1 fully saturated rings. The largest absolute Gasteiger partial charge is 0.360 e. The van der Waals surface area contributed by atoms with Crippen LogP contribution in [0, 0.1) is 5.82 Å². The molecular weight excluding hydrogens is 321 g/mol. The van der Waals surface area contributed by atoms with Gasteiger partial charge in [0.1, 0.15) is 5.82 Å². The van der Waals surface area contributed by atoms with Gasteiger partial charge in [0.05, 0.1) is 6.54 Å². The van der Waals surface area contributed by atoms with Crippen molar-refractivity contribution < 1.29 is 14.0 Å². The number of carbonyl (C=O) groups is 2. The van der Waals surface area contributed by atoms with Crippen LogP contribution in [0.15, 0.2) is 48.5 Å². The van der Waals surface area contributed by atoms with Crippen molar-refractivity contribution in [2.75, 3.05) is 29.9 Å². The minimum atomic E-state index is -0.292. The van der Waals surface area contributed by atoms with E-state index in [1.807, 2.05) is 29.2 Å². The Morgan fingerprint density at radius 2 is 2.00 bits per heavy atom. The lowest BCUT2D eigenvalue weighted by molar-refractivity contribution is -0.120. The fraction of sp³-hybridized carbons (Fsp3) is 0.263. The van der Waals surface area contributed by atoms with Crippen LogP contribution >= 0.6 is 0 Å². The number of nitrogens with zero attached hydrogens (tertiary/aromatic N) is 1. The van der Waals surface area contributed by atoms with Gasteiger partial charge < -0.3 is 15.5 Å². The lowest BCUT2D eigenvalue weighted by atomic mass is 10.1. The fourth-order valence-corrected chi connectivity index (χ4v) is 2.79. The molecule has 0 unspecified atom stereocenters. The highest BCUT2D eigenvalue weighted by atomic mass is 19.1. The Kier molecular flexibility index (Phi) is 5.28. The maximum Gasteiger partial charge on any atom is 0.239 e. The van der Waals surface area contributed by atoms with Crippen LogP contribution in [0.5, 0.6) is 0 Å².